The van der Waals surface area contributed by atoms with Crippen LogP contribution in [0.15, 0.2) is 48.8 Å². The van der Waals surface area contributed by atoms with Gasteiger partial charge in [-0.3, -0.25) is 0 Å². The summed E-state index contributed by atoms with van der Waals surface area (Å²) in [6, 6.07) is 12.4. The first-order valence-corrected chi connectivity index (χ1v) is 9.80. The Morgan fingerprint density at radius 2 is 1.44 bits per heavy atom. The molecule has 146 valence electrons. The number of hydrogen-bond acceptors (Lipinski definition) is 4. The summed E-state index contributed by atoms with van der Waals surface area (Å²) in [6.45, 7) is 6.82. The molecule has 5 heteroatoms. The summed E-state index contributed by atoms with van der Waals surface area (Å²) in [6.07, 6.45) is 12.0. The second kappa shape index (κ2) is 12.2. The topological polar surface area (TPSA) is 51.6 Å². The van der Waals surface area contributed by atoms with Crippen LogP contribution >= 0.6 is 0 Å². The number of aryl methyl sites for hydroxylation is 1. The second-order valence-electron chi connectivity index (χ2n) is 6.24. The highest BCUT2D eigenvalue weighted by molar-refractivity contribution is 5.70. The van der Waals surface area contributed by atoms with Crippen molar-refractivity contribution in [2.24, 2.45) is 5.73 Å². The van der Waals surface area contributed by atoms with Crippen molar-refractivity contribution in [3.05, 3.63) is 59.9 Å². The third kappa shape index (κ3) is 7.51. The molecule has 0 atom stereocenters. The molecular formula is C22H32N3O2+. The molecule has 2 N–H and O–H groups in total. The summed E-state index contributed by atoms with van der Waals surface area (Å²) in [4.78, 5) is 10.9. The van der Waals surface area contributed by atoms with Crippen molar-refractivity contribution in [3.8, 4) is 0 Å². The van der Waals surface area contributed by atoms with Crippen molar-refractivity contribution in [1.82, 2.24) is 0 Å². The lowest BCUT2D eigenvalue weighted by atomic mass is 10.1. The maximum atomic E-state index is 5.53. The molecule has 0 aliphatic carbocycles. The van der Waals surface area contributed by atoms with Crippen molar-refractivity contribution in [2.75, 3.05) is 25.0 Å². The summed E-state index contributed by atoms with van der Waals surface area (Å²) in [5.74, 6) is 0. The summed E-state index contributed by atoms with van der Waals surface area (Å²) in [5, 5.41) is 1.47. The minimum absolute atomic E-state index is 0.558. The predicted molar refractivity (Wildman–Crippen MR) is 111 cm³/mol. The molecule has 0 saturated carbocycles. The van der Waals surface area contributed by atoms with E-state index in [0.717, 1.165) is 30.8 Å². The van der Waals surface area contributed by atoms with Gasteiger partial charge < -0.3 is 5.73 Å². The molecule has 1 aromatic carbocycles. The van der Waals surface area contributed by atoms with E-state index in [1.165, 1.54) is 23.6 Å². The van der Waals surface area contributed by atoms with Gasteiger partial charge in [-0.1, -0.05) is 24.3 Å². The Kier molecular flexibility index (Phi) is 9.55. The molecule has 5 nitrogen and oxygen atoms in total. The Balaban J connectivity index is 1.91. The van der Waals surface area contributed by atoms with E-state index in [1.807, 2.05) is 26.0 Å². The fourth-order valence-corrected chi connectivity index (χ4v) is 2.66. The van der Waals surface area contributed by atoms with Gasteiger partial charge in [-0.2, -0.15) is 0 Å². The van der Waals surface area contributed by atoms with E-state index in [2.05, 4.69) is 53.4 Å². The van der Waals surface area contributed by atoms with E-state index in [0.29, 0.717) is 13.2 Å². The zero-order chi connectivity index (χ0) is 19.3. The smallest absolute Gasteiger partial charge is 0.169 e. The Labute approximate surface area is 162 Å². The van der Waals surface area contributed by atoms with Gasteiger partial charge in [-0.15, -0.1) is 5.23 Å². The molecule has 2 aromatic rings. The maximum Gasteiger partial charge on any atom is 0.169 e. The van der Waals surface area contributed by atoms with E-state index < -0.39 is 0 Å². The lowest BCUT2D eigenvalue weighted by Gasteiger charge is -2.21. The molecule has 0 amide bonds. The van der Waals surface area contributed by atoms with Crippen LogP contribution in [-0.2, 0) is 16.2 Å². The number of benzene rings is 1. The molecule has 1 aromatic heterocycles. The maximum absolute atomic E-state index is 5.53. The number of anilines is 1. The highest BCUT2D eigenvalue weighted by Gasteiger charge is 2.06. The van der Waals surface area contributed by atoms with Crippen molar-refractivity contribution < 1.29 is 14.2 Å². The van der Waals surface area contributed by atoms with Crippen molar-refractivity contribution >= 4 is 17.8 Å². The van der Waals surface area contributed by atoms with Crippen molar-refractivity contribution in [3.63, 3.8) is 0 Å². The average molecular weight is 371 g/mol. The second-order valence-corrected chi connectivity index (χ2v) is 6.24. The normalized spacial score (nSPS) is 11.2. The first kappa shape index (κ1) is 21.1. The zero-order valence-corrected chi connectivity index (χ0v) is 16.5. The third-order valence-corrected chi connectivity index (χ3v) is 4.10. The highest BCUT2D eigenvalue weighted by Crippen LogP contribution is 2.17. The van der Waals surface area contributed by atoms with Crippen LogP contribution in [0.5, 0.6) is 0 Å². The number of aromatic nitrogens is 1. The largest absolute Gasteiger partial charge is 0.330 e. The monoisotopic (exact) mass is 370 g/mol. The van der Waals surface area contributed by atoms with Crippen molar-refractivity contribution in [2.45, 2.75) is 39.7 Å². The molecule has 0 aliphatic rings. The SMILES string of the molecule is CCON(OCC)c1ccc(C=Cc2cc[n+](CCCCCN)cc2)cc1. The fourth-order valence-electron chi connectivity index (χ4n) is 2.66. The molecule has 27 heavy (non-hydrogen) atoms. The molecule has 0 saturated heterocycles. The minimum Gasteiger partial charge on any atom is -0.330 e. The number of rotatable bonds is 12. The molecule has 1 heterocycles. The Hall–Kier alpha value is -2.21. The molecule has 0 fully saturated rings. The molecule has 0 bridgehead atoms. The number of nitrogens with zero attached hydrogens (tertiary/aromatic N) is 2. The van der Waals surface area contributed by atoms with Gasteiger partial charge in [0.2, 0.25) is 0 Å². The number of nitrogens with two attached hydrogens (primary N) is 1. The molecular weight excluding hydrogens is 338 g/mol. The summed E-state index contributed by atoms with van der Waals surface area (Å²) in [5.41, 5.74) is 8.72. The molecule has 0 aliphatic heterocycles. The minimum atomic E-state index is 0.558. The Morgan fingerprint density at radius 3 is 2.00 bits per heavy atom. The van der Waals surface area contributed by atoms with E-state index in [4.69, 9.17) is 15.4 Å². The molecule has 0 radical (unpaired) electrons. The van der Waals surface area contributed by atoms with Gasteiger partial charge in [0.1, 0.15) is 6.54 Å². The van der Waals surface area contributed by atoms with Gasteiger partial charge in [-0.25, -0.2) is 14.2 Å². The summed E-state index contributed by atoms with van der Waals surface area (Å²) < 4.78 is 2.22. The van der Waals surface area contributed by atoms with Gasteiger partial charge in [0, 0.05) is 18.6 Å². The Bertz CT molecular complexity index is 663. The average Bonchev–Trinajstić information content (AvgIpc) is 2.71. The van der Waals surface area contributed by atoms with Gasteiger partial charge in [-0.05, 0) is 56.5 Å². The van der Waals surface area contributed by atoms with Crippen LogP contribution < -0.4 is 15.5 Å². The van der Waals surface area contributed by atoms with Crippen LogP contribution in [0.4, 0.5) is 5.69 Å². The number of unbranched alkanes of at least 4 members (excludes halogenated alkanes) is 2. The molecule has 0 unspecified atom stereocenters. The van der Waals surface area contributed by atoms with E-state index >= 15 is 0 Å². The van der Waals surface area contributed by atoms with E-state index in [-0.39, 0.29) is 0 Å². The van der Waals surface area contributed by atoms with Gasteiger partial charge in [0.05, 0.1) is 18.9 Å². The van der Waals surface area contributed by atoms with Gasteiger partial charge in [0.25, 0.3) is 0 Å². The van der Waals surface area contributed by atoms with Crippen LogP contribution in [0.25, 0.3) is 12.2 Å². The number of pyridine rings is 1. The predicted octanol–water partition coefficient (Wildman–Crippen LogP) is 3.98. The zero-order valence-electron chi connectivity index (χ0n) is 16.5. The third-order valence-electron chi connectivity index (χ3n) is 4.10. The first-order chi connectivity index (χ1) is 13.3. The van der Waals surface area contributed by atoms with Crippen molar-refractivity contribution in [1.29, 1.82) is 0 Å². The van der Waals surface area contributed by atoms with Gasteiger partial charge >= 0.3 is 0 Å². The number of hydrogen-bond donors (Lipinski definition) is 1. The lowest BCUT2D eigenvalue weighted by molar-refractivity contribution is -0.697. The molecule has 2 rings (SSSR count). The van der Waals surface area contributed by atoms with Gasteiger partial charge in [0.15, 0.2) is 12.4 Å². The van der Waals surface area contributed by atoms with Crippen LogP contribution in [-0.4, -0.2) is 19.8 Å². The van der Waals surface area contributed by atoms with Crippen LogP contribution in [0.2, 0.25) is 0 Å². The Morgan fingerprint density at radius 1 is 0.852 bits per heavy atom. The standard InChI is InChI=1S/C22H32N3O2/c1-3-26-25(27-4-2)22-12-10-20(11-13-22)8-9-21-14-18-24(19-15-21)17-7-5-6-16-23/h8-15,18-19H,3-7,16-17,23H2,1-2H3/q+1. The highest BCUT2D eigenvalue weighted by atomic mass is 16.9. The van der Waals surface area contributed by atoms with Crippen LogP contribution in [0, 0.1) is 0 Å². The van der Waals surface area contributed by atoms with Crippen LogP contribution in [0.3, 0.4) is 0 Å². The van der Waals surface area contributed by atoms with Crippen LogP contribution in [0.1, 0.15) is 44.2 Å². The first-order valence-electron chi connectivity index (χ1n) is 9.80. The summed E-state index contributed by atoms with van der Waals surface area (Å²) >= 11 is 0. The van der Waals surface area contributed by atoms with E-state index in [9.17, 15) is 0 Å². The molecule has 0 spiro atoms. The quantitative estimate of drug-likeness (QED) is 0.349. The fraction of sp³-hybridized carbons (Fsp3) is 0.409. The summed E-state index contributed by atoms with van der Waals surface area (Å²) in [7, 11) is 0. The van der Waals surface area contributed by atoms with E-state index in [1.54, 1.807) is 0 Å². The lowest BCUT2D eigenvalue weighted by Crippen LogP contribution is -2.32.